The highest BCUT2D eigenvalue weighted by molar-refractivity contribution is 5.73. The molecule has 0 aliphatic carbocycles. The van der Waals surface area contributed by atoms with Crippen molar-refractivity contribution in [3.05, 3.63) is 65.7 Å². The summed E-state index contributed by atoms with van der Waals surface area (Å²) in [5.74, 6) is 0. The van der Waals surface area contributed by atoms with Crippen molar-refractivity contribution in [1.29, 1.82) is 0 Å². The number of hydrogen-bond donors (Lipinski definition) is 2. The van der Waals surface area contributed by atoms with Gasteiger partial charge in [0.05, 0.1) is 0 Å². The molecule has 0 heterocycles. The van der Waals surface area contributed by atoms with E-state index in [2.05, 4.69) is 22.9 Å². The Morgan fingerprint density at radius 3 is 2.52 bits per heavy atom. The fourth-order valence-electron chi connectivity index (χ4n) is 2.20. The first kappa shape index (κ1) is 15.2. The second-order valence-electron chi connectivity index (χ2n) is 4.64. The predicted molar refractivity (Wildman–Crippen MR) is 83.8 cm³/mol. The second-order valence-corrected chi connectivity index (χ2v) is 4.64. The van der Waals surface area contributed by atoms with Gasteiger partial charge in [0.15, 0.2) is 0 Å². The van der Waals surface area contributed by atoms with Crippen molar-refractivity contribution in [3.63, 3.8) is 0 Å². The van der Waals surface area contributed by atoms with Gasteiger partial charge in [-0.2, -0.15) is 0 Å². The van der Waals surface area contributed by atoms with E-state index in [1.54, 1.807) is 0 Å². The van der Waals surface area contributed by atoms with Crippen LogP contribution in [0.2, 0.25) is 0 Å². The largest absolute Gasteiger partial charge is 0.328 e. The number of anilines is 1. The summed E-state index contributed by atoms with van der Waals surface area (Å²) in [5.41, 5.74) is 5.82. The summed E-state index contributed by atoms with van der Waals surface area (Å²) in [6.07, 6.45) is 1.24. The number of amides is 1. The van der Waals surface area contributed by atoms with Crippen LogP contribution in [0.5, 0.6) is 0 Å². The van der Waals surface area contributed by atoms with Crippen molar-refractivity contribution in [2.45, 2.75) is 19.4 Å². The molecule has 2 aromatic rings. The zero-order chi connectivity index (χ0) is 14.9. The fraction of sp³-hybridized carbons (Fsp3) is 0.235. The van der Waals surface area contributed by atoms with Crippen LogP contribution in [0.25, 0.3) is 0 Å². The number of hydrogen-bond acceptors (Lipinski definition) is 3. The minimum Gasteiger partial charge on any atom is -0.328 e. The minimum absolute atomic E-state index is 0.170. The monoisotopic (exact) mass is 284 g/mol. The number of benzene rings is 2. The first-order valence-electron chi connectivity index (χ1n) is 7.06. The molecule has 4 heteroatoms. The second kappa shape index (κ2) is 8.19. The third-order valence-electron chi connectivity index (χ3n) is 3.16. The molecule has 2 N–H and O–H groups in total. The molecule has 0 saturated carbocycles. The summed E-state index contributed by atoms with van der Waals surface area (Å²) in [4.78, 5) is 16.5. The lowest BCUT2D eigenvalue weighted by Gasteiger charge is -2.20. The van der Waals surface area contributed by atoms with E-state index in [1.807, 2.05) is 49.4 Å². The van der Waals surface area contributed by atoms with Gasteiger partial charge in [0.25, 0.3) is 0 Å². The fourth-order valence-corrected chi connectivity index (χ4v) is 2.20. The van der Waals surface area contributed by atoms with Crippen molar-refractivity contribution in [1.82, 2.24) is 5.48 Å². The van der Waals surface area contributed by atoms with Crippen LogP contribution in [0, 0.1) is 0 Å². The predicted octanol–water partition coefficient (Wildman–Crippen LogP) is 3.08. The quantitative estimate of drug-likeness (QED) is 0.578. The zero-order valence-corrected chi connectivity index (χ0v) is 12.1. The van der Waals surface area contributed by atoms with Gasteiger partial charge in [-0.05, 0) is 11.6 Å². The highest BCUT2D eigenvalue weighted by Crippen LogP contribution is 2.27. The maximum Gasteiger partial charge on any atom is 0.211 e. The number of hydroxylamine groups is 1. The Kier molecular flexibility index (Phi) is 5.94. The van der Waals surface area contributed by atoms with Crippen molar-refractivity contribution in [2.24, 2.45) is 0 Å². The number of nitrogens with one attached hydrogen (secondary N) is 2. The molecule has 0 aliphatic rings. The molecule has 0 radical (unpaired) electrons. The molecule has 0 spiro atoms. The molecule has 2 rings (SSSR count). The average molecular weight is 284 g/mol. The number of carbonyl (C=O) groups is 1. The van der Waals surface area contributed by atoms with Gasteiger partial charge < -0.3 is 5.32 Å². The molecule has 1 amide bonds. The summed E-state index contributed by atoms with van der Waals surface area (Å²) in [7, 11) is 0. The van der Waals surface area contributed by atoms with E-state index < -0.39 is 0 Å². The first-order chi connectivity index (χ1) is 10.3. The van der Waals surface area contributed by atoms with Crippen molar-refractivity contribution in [2.75, 3.05) is 11.9 Å². The summed E-state index contributed by atoms with van der Waals surface area (Å²) in [5, 5.41) is 2.73. The number of carbonyl (C=O) groups excluding carboxylic acids is 1. The third kappa shape index (κ3) is 4.41. The Morgan fingerprint density at radius 2 is 1.81 bits per heavy atom. The van der Waals surface area contributed by atoms with Crippen molar-refractivity contribution < 1.29 is 9.63 Å². The van der Waals surface area contributed by atoms with Crippen LogP contribution in [0.15, 0.2) is 54.6 Å². The Balaban J connectivity index is 2.24. The molecular formula is C17H20N2O2. The zero-order valence-electron chi connectivity index (χ0n) is 12.1. The van der Waals surface area contributed by atoms with Crippen LogP contribution in [0.3, 0.4) is 0 Å². The van der Waals surface area contributed by atoms with E-state index in [1.165, 1.54) is 5.56 Å². The lowest BCUT2D eigenvalue weighted by molar-refractivity contribution is -0.105. The Morgan fingerprint density at radius 1 is 1.10 bits per heavy atom. The molecule has 2 aromatic carbocycles. The number of para-hydroxylation sites is 1. The van der Waals surface area contributed by atoms with E-state index in [0.29, 0.717) is 13.0 Å². The molecule has 0 saturated heterocycles. The Labute approximate surface area is 125 Å². The smallest absolute Gasteiger partial charge is 0.211 e. The van der Waals surface area contributed by atoms with E-state index in [4.69, 9.17) is 4.84 Å². The lowest BCUT2D eigenvalue weighted by Crippen LogP contribution is -2.20. The molecule has 0 fully saturated rings. The van der Waals surface area contributed by atoms with E-state index in [9.17, 15) is 4.79 Å². The first-order valence-corrected chi connectivity index (χ1v) is 7.06. The summed E-state index contributed by atoms with van der Waals surface area (Å²) < 4.78 is 0. The van der Waals surface area contributed by atoms with E-state index in [-0.39, 0.29) is 6.10 Å². The van der Waals surface area contributed by atoms with Crippen LogP contribution < -0.4 is 10.8 Å². The molecule has 21 heavy (non-hydrogen) atoms. The molecule has 110 valence electrons. The standard InChI is InChI=1S/C17H20N2O2/c1-2-19-21-17(12-14-8-4-3-5-9-14)15-10-6-7-11-16(15)18-13-20/h3-11,13,17,19H,2,12H2,1H3,(H,18,20). The van der Waals surface area contributed by atoms with Gasteiger partial charge in [0.2, 0.25) is 6.41 Å². The highest BCUT2D eigenvalue weighted by Gasteiger charge is 2.16. The summed E-state index contributed by atoms with van der Waals surface area (Å²) in [6.45, 7) is 2.70. The summed E-state index contributed by atoms with van der Waals surface area (Å²) in [6, 6.07) is 17.8. The van der Waals surface area contributed by atoms with Crippen LogP contribution >= 0.6 is 0 Å². The molecule has 0 aliphatic heterocycles. The molecule has 1 atom stereocenters. The van der Waals surface area contributed by atoms with Gasteiger partial charge in [-0.1, -0.05) is 55.5 Å². The summed E-state index contributed by atoms with van der Waals surface area (Å²) >= 11 is 0. The molecule has 4 nitrogen and oxygen atoms in total. The molecule has 0 aromatic heterocycles. The van der Waals surface area contributed by atoms with Crippen LogP contribution in [0.4, 0.5) is 5.69 Å². The topological polar surface area (TPSA) is 50.4 Å². The van der Waals surface area contributed by atoms with Gasteiger partial charge in [-0.15, -0.1) is 0 Å². The SMILES string of the molecule is CCNOC(Cc1ccccc1)c1ccccc1NC=O. The van der Waals surface area contributed by atoms with Crippen molar-refractivity contribution >= 4 is 12.1 Å². The van der Waals surface area contributed by atoms with Crippen LogP contribution in [-0.4, -0.2) is 13.0 Å². The average Bonchev–Trinajstić information content (AvgIpc) is 2.53. The minimum atomic E-state index is -0.170. The van der Waals surface area contributed by atoms with Gasteiger partial charge >= 0.3 is 0 Å². The Hall–Kier alpha value is -2.17. The van der Waals surface area contributed by atoms with Gasteiger partial charge in [0.1, 0.15) is 6.10 Å². The molecule has 1 unspecified atom stereocenters. The van der Waals surface area contributed by atoms with E-state index >= 15 is 0 Å². The van der Waals surface area contributed by atoms with Gasteiger partial charge in [0, 0.05) is 24.2 Å². The van der Waals surface area contributed by atoms with Crippen LogP contribution in [-0.2, 0) is 16.1 Å². The normalized spacial score (nSPS) is 11.9. The molecule has 0 bridgehead atoms. The number of rotatable bonds is 8. The van der Waals surface area contributed by atoms with E-state index in [0.717, 1.165) is 17.7 Å². The van der Waals surface area contributed by atoms with Gasteiger partial charge in [-0.3, -0.25) is 9.63 Å². The maximum atomic E-state index is 10.8. The maximum absolute atomic E-state index is 10.8. The third-order valence-corrected chi connectivity index (χ3v) is 3.16. The lowest BCUT2D eigenvalue weighted by atomic mass is 10.00. The molecular weight excluding hydrogens is 264 g/mol. The Bertz CT molecular complexity index is 558. The van der Waals surface area contributed by atoms with Crippen LogP contribution in [0.1, 0.15) is 24.2 Å². The highest BCUT2D eigenvalue weighted by atomic mass is 16.7. The van der Waals surface area contributed by atoms with Crippen molar-refractivity contribution in [3.8, 4) is 0 Å². The van der Waals surface area contributed by atoms with Gasteiger partial charge in [-0.25, -0.2) is 5.48 Å².